The first-order valence-electron chi connectivity index (χ1n) is 3.20. The highest BCUT2D eigenvalue weighted by Gasteiger charge is 1.88. The summed E-state index contributed by atoms with van der Waals surface area (Å²) in [5, 5.41) is 3.28. The number of pyridine rings is 1. The first kappa shape index (κ1) is 8.19. The average molecular weight is 165 g/mol. The molecule has 5 nitrogen and oxygen atoms in total. The van der Waals surface area contributed by atoms with E-state index >= 15 is 0 Å². The fourth-order valence-corrected chi connectivity index (χ4v) is 0.585. The predicted molar refractivity (Wildman–Crippen MR) is 42.5 cm³/mol. The SMILES string of the molecule is NC(=O)O/N=C/c1ccccn1. The lowest BCUT2D eigenvalue weighted by atomic mass is 10.4. The number of nitrogens with zero attached hydrogens (tertiary/aromatic N) is 2. The Morgan fingerprint density at radius 1 is 1.67 bits per heavy atom. The van der Waals surface area contributed by atoms with Crippen molar-refractivity contribution in [3.63, 3.8) is 0 Å². The Kier molecular flexibility index (Phi) is 2.78. The Balaban J connectivity index is 2.52. The Morgan fingerprint density at radius 3 is 3.08 bits per heavy atom. The number of carbonyl (C=O) groups is 1. The number of primary amides is 1. The van der Waals surface area contributed by atoms with Gasteiger partial charge < -0.3 is 5.73 Å². The summed E-state index contributed by atoms with van der Waals surface area (Å²) in [5.74, 6) is 0. The number of carbonyl (C=O) groups excluding carboxylic acids is 1. The Hall–Kier alpha value is -1.91. The summed E-state index contributed by atoms with van der Waals surface area (Å²) in [6.45, 7) is 0. The Morgan fingerprint density at radius 2 is 2.50 bits per heavy atom. The smallest absolute Gasteiger partial charge is 0.333 e. The quantitative estimate of drug-likeness (QED) is 0.394. The van der Waals surface area contributed by atoms with Gasteiger partial charge in [0.1, 0.15) is 0 Å². The maximum atomic E-state index is 10.1. The molecule has 1 aromatic heterocycles. The summed E-state index contributed by atoms with van der Waals surface area (Å²) in [7, 11) is 0. The maximum absolute atomic E-state index is 10.1. The van der Waals surface area contributed by atoms with E-state index in [1.807, 2.05) is 0 Å². The number of nitrogens with two attached hydrogens (primary N) is 1. The molecule has 62 valence electrons. The Labute approximate surface area is 68.8 Å². The highest BCUT2D eigenvalue weighted by molar-refractivity contribution is 5.77. The molecule has 0 fully saturated rings. The van der Waals surface area contributed by atoms with E-state index < -0.39 is 6.09 Å². The van der Waals surface area contributed by atoms with Crippen molar-refractivity contribution >= 4 is 12.3 Å². The van der Waals surface area contributed by atoms with Gasteiger partial charge in [0.2, 0.25) is 0 Å². The summed E-state index contributed by atoms with van der Waals surface area (Å²) in [6.07, 6.45) is 1.96. The third-order valence-corrected chi connectivity index (χ3v) is 1.02. The van der Waals surface area contributed by atoms with Crippen molar-refractivity contribution in [2.75, 3.05) is 0 Å². The molecule has 1 heterocycles. The van der Waals surface area contributed by atoms with E-state index in [0.29, 0.717) is 5.69 Å². The minimum Gasteiger partial charge on any atom is -0.333 e. The number of aromatic nitrogens is 1. The lowest BCUT2D eigenvalue weighted by Crippen LogP contribution is -2.09. The molecule has 5 heteroatoms. The molecule has 12 heavy (non-hydrogen) atoms. The van der Waals surface area contributed by atoms with E-state index in [9.17, 15) is 4.79 Å². The van der Waals surface area contributed by atoms with Crippen molar-refractivity contribution in [2.24, 2.45) is 10.9 Å². The molecule has 1 rings (SSSR count). The highest BCUT2D eigenvalue weighted by Crippen LogP contribution is 1.88. The van der Waals surface area contributed by atoms with Crippen LogP contribution in [-0.2, 0) is 4.84 Å². The molecule has 0 unspecified atom stereocenters. The molecule has 0 aliphatic rings. The van der Waals surface area contributed by atoms with Crippen molar-refractivity contribution < 1.29 is 9.63 Å². The molecule has 0 saturated heterocycles. The van der Waals surface area contributed by atoms with Crippen LogP contribution in [0.25, 0.3) is 0 Å². The normalized spacial score (nSPS) is 10.0. The van der Waals surface area contributed by atoms with Gasteiger partial charge in [0.25, 0.3) is 0 Å². The second kappa shape index (κ2) is 4.07. The molecule has 0 spiro atoms. The van der Waals surface area contributed by atoms with Crippen LogP contribution in [0.4, 0.5) is 4.79 Å². The summed E-state index contributed by atoms with van der Waals surface area (Å²) >= 11 is 0. The van der Waals surface area contributed by atoms with E-state index in [1.54, 1.807) is 24.4 Å². The van der Waals surface area contributed by atoms with Crippen LogP contribution >= 0.6 is 0 Å². The molecular weight excluding hydrogens is 158 g/mol. The van der Waals surface area contributed by atoms with Crippen LogP contribution < -0.4 is 5.73 Å². The molecule has 1 amide bonds. The molecule has 0 aromatic carbocycles. The zero-order valence-corrected chi connectivity index (χ0v) is 6.18. The van der Waals surface area contributed by atoms with Crippen molar-refractivity contribution in [1.29, 1.82) is 0 Å². The lowest BCUT2D eigenvalue weighted by molar-refractivity contribution is 0.162. The molecule has 1 aromatic rings. The number of amides is 1. The average Bonchev–Trinajstić information content (AvgIpc) is 2.05. The van der Waals surface area contributed by atoms with Crippen LogP contribution in [0.15, 0.2) is 29.6 Å². The topological polar surface area (TPSA) is 77.6 Å². The first-order chi connectivity index (χ1) is 5.79. The van der Waals surface area contributed by atoms with Gasteiger partial charge >= 0.3 is 6.09 Å². The van der Waals surface area contributed by atoms with Gasteiger partial charge in [-0.3, -0.25) is 9.82 Å². The summed E-state index contributed by atoms with van der Waals surface area (Å²) in [5.41, 5.74) is 5.26. The second-order valence-corrected chi connectivity index (χ2v) is 1.90. The number of rotatable bonds is 2. The van der Waals surface area contributed by atoms with E-state index in [0.717, 1.165) is 0 Å². The van der Waals surface area contributed by atoms with Crippen LogP contribution in [0.3, 0.4) is 0 Å². The van der Waals surface area contributed by atoms with Crippen molar-refractivity contribution in [3.8, 4) is 0 Å². The summed E-state index contributed by atoms with van der Waals surface area (Å²) in [6, 6.07) is 5.28. The minimum absolute atomic E-state index is 0.596. The number of hydrogen-bond donors (Lipinski definition) is 1. The standard InChI is InChI=1S/C7H7N3O2/c8-7(11)12-10-5-6-3-1-2-4-9-6/h1-5H,(H2,8,11)/b10-5+. The van der Waals surface area contributed by atoms with Gasteiger partial charge in [-0.2, -0.15) is 0 Å². The van der Waals surface area contributed by atoms with Crippen LogP contribution in [0.5, 0.6) is 0 Å². The van der Waals surface area contributed by atoms with E-state index in [1.165, 1.54) is 6.21 Å². The zero-order valence-electron chi connectivity index (χ0n) is 6.18. The Bertz CT molecular complexity index is 284. The van der Waals surface area contributed by atoms with Crippen molar-refractivity contribution in [2.45, 2.75) is 0 Å². The van der Waals surface area contributed by atoms with E-state index in [4.69, 9.17) is 0 Å². The number of oxime groups is 1. The maximum Gasteiger partial charge on any atom is 0.430 e. The van der Waals surface area contributed by atoms with Crippen LogP contribution in [0.1, 0.15) is 5.69 Å². The van der Waals surface area contributed by atoms with Crippen molar-refractivity contribution in [3.05, 3.63) is 30.1 Å². The third-order valence-electron chi connectivity index (χ3n) is 1.02. The summed E-state index contributed by atoms with van der Waals surface area (Å²) in [4.78, 5) is 18.1. The van der Waals surface area contributed by atoms with Gasteiger partial charge in [-0.15, -0.1) is 0 Å². The zero-order chi connectivity index (χ0) is 8.81. The first-order valence-corrected chi connectivity index (χ1v) is 3.20. The fraction of sp³-hybridized carbons (Fsp3) is 0. The van der Waals surface area contributed by atoms with Crippen LogP contribution in [0.2, 0.25) is 0 Å². The van der Waals surface area contributed by atoms with Gasteiger partial charge in [0.05, 0.1) is 11.9 Å². The molecule has 0 bridgehead atoms. The molecule has 0 radical (unpaired) electrons. The fourth-order valence-electron chi connectivity index (χ4n) is 0.585. The third kappa shape index (κ3) is 2.78. The van der Waals surface area contributed by atoms with Crippen LogP contribution in [-0.4, -0.2) is 17.3 Å². The minimum atomic E-state index is -0.942. The molecule has 0 atom stereocenters. The van der Waals surface area contributed by atoms with Gasteiger partial charge in [0, 0.05) is 6.20 Å². The van der Waals surface area contributed by atoms with Gasteiger partial charge in [0.15, 0.2) is 0 Å². The number of hydrogen-bond acceptors (Lipinski definition) is 4. The highest BCUT2D eigenvalue weighted by atomic mass is 16.7. The van der Waals surface area contributed by atoms with E-state index in [-0.39, 0.29) is 0 Å². The van der Waals surface area contributed by atoms with Gasteiger partial charge in [-0.1, -0.05) is 11.2 Å². The molecule has 0 saturated carbocycles. The molecule has 0 aliphatic heterocycles. The monoisotopic (exact) mass is 165 g/mol. The second-order valence-electron chi connectivity index (χ2n) is 1.90. The molecular formula is C7H7N3O2. The summed E-state index contributed by atoms with van der Waals surface area (Å²) < 4.78 is 0. The van der Waals surface area contributed by atoms with Gasteiger partial charge in [-0.05, 0) is 12.1 Å². The predicted octanol–water partition coefficient (Wildman–Crippen LogP) is 0.511. The largest absolute Gasteiger partial charge is 0.430 e. The van der Waals surface area contributed by atoms with Crippen LogP contribution in [0, 0.1) is 0 Å². The lowest BCUT2D eigenvalue weighted by Gasteiger charge is -1.89. The van der Waals surface area contributed by atoms with E-state index in [2.05, 4.69) is 20.7 Å². The van der Waals surface area contributed by atoms with Crippen molar-refractivity contribution in [1.82, 2.24) is 4.98 Å². The molecule has 0 aliphatic carbocycles. The molecule has 2 N–H and O–H groups in total. The van der Waals surface area contributed by atoms with Gasteiger partial charge in [-0.25, -0.2) is 4.79 Å².